The standard InChI is InChI=1S/C8H7N.CO2/c1-2-4-8-7(3-1)5-6-9-8;2-1-3/h1-6,9H;. The number of rotatable bonds is 0. The van der Waals surface area contributed by atoms with Crippen molar-refractivity contribution in [2.24, 2.45) is 0 Å². The van der Waals surface area contributed by atoms with Gasteiger partial charge in [0.2, 0.25) is 0 Å². The summed E-state index contributed by atoms with van der Waals surface area (Å²) < 4.78 is 0. The zero-order chi connectivity index (χ0) is 8.81. The third-order valence-corrected chi connectivity index (χ3v) is 1.46. The lowest BCUT2D eigenvalue weighted by Crippen LogP contribution is -1.61. The molecule has 60 valence electrons. The minimum Gasteiger partial charge on any atom is -0.361 e. The molecule has 1 aromatic carbocycles. The Labute approximate surface area is 69.0 Å². The predicted octanol–water partition coefficient (Wildman–Crippen LogP) is 1.58. The zero-order valence-electron chi connectivity index (χ0n) is 6.28. The van der Waals surface area contributed by atoms with Crippen LogP contribution < -0.4 is 0 Å². The van der Waals surface area contributed by atoms with Gasteiger partial charge >= 0.3 is 6.15 Å². The summed E-state index contributed by atoms with van der Waals surface area (Å²) in [7, 11) is 0. The number of hydrogen-bond donors (Lipinski definition) is 1. The van der Waals surface area contributed by atoms with Crippen LogP contribution in [-0.4, -0.2) is 11.1 Å². The van der Waals surface area contributed by atoms with Crippen molar-refractivity contribution in [1.82, 2.24) is 4.98 Å². The molecule has 2 aromatic rings. The Morgan fingerprint density at radius 1 is 1.08 bits per heavy atom. The molecular weight excluding hydrogens is 154 g/mol. The van der Waals surface area contributed by atoms with E-state index in [2.05, 4.69) is 23.2 Å². The van der Waals surface area contributed by atoms with Gasteiger partial charge in [-0.3, -0.25) is 0 Å². The van der Waals surface area contributed by atoms with Crippen LogP contribution >= 0.6 is 0 Å². The summed E-state index contributed by atoms with van der Waals surface area (Å²) >= 11 is 0. The van der Waals surface area contributed by atoms with Crippen LogP contribution in [0.2, 0.25) is 0 Å². The molecular formula is C9H7NO2. The number of carbonyl (C=O) groups excluding carboxylic acids is 2. The molecule has 2 rings (SSSR count). The summed E-state index contributed by atoms with van der Waals surface area (Å²) in [5, 5.41) is 1.28. The van der Waals surface area contributed by atoms with E-state index < -0.39 is 0 Å². The Morgan fingerprint density at radius 2 is 1.75 bits per heavy atom. The SMILES string of the molecule is O=C=O.c1ccc2[nH]ccc2c1. The van der Waals surface area contributed by atoms with Gasteiger partial charge < -0.3 is 4.98 Å². The Balaban J connectivity index is 0.000000213. The second-order valence-corrected chi connectivity index (χ2v) is 2.15. The molecule has 0 unspecified atom stereocenters. The topological polar surface area (TPSA) is 49.9 Å². The highest BCUT2D eigenvalue weighted by Gasteiger charge is 1.86. The van der Waals surface area contributed by atoms with Gasteiger partial charge in [0.25, 0.3) is 0 Å². The van der Waals surface area contributed by atoms with Crippen molar-refractivity contribution in [2.45, 2.75) is 0 Å². The van der Waals surface area contributed by atoms with Crippen molar-refractivity contribution in [3.8, 4) is 0 Å². The van der Waals surface area contributed by atoms with Gasteiger partial charge in [-0.1, -0.05) is 18.2 Å². The van der Waals surface area contributed by atoms with E-state index in [0.29, 0.717) is 0 Å². The van der Waals surface area contributed by atoms with Gasteiger partial charge in [-0.05, 0) is 17.5 Å². The summed E-state index contributed by atoms with van der Waals surface area (Å²) in [6.45, 7) is 0. The Kier molecular flexibility index (Phi) is 2.82. The van der Waals surface area contributed by atoms with Crippen LogP contribution in [0.1, 0.15) is 0 Å². The molecule has 0 radical (unpaired) electrons. The summed E-state index contributed by atoms with van der Waals surface area (Å²) in [5.41, 5.74) is 1.21. The molecule has 0 atom stereocenters. The molecule has 0 bridgehead atoms. The van der Waals surface area contributed by atoms with E-state index in [0.717, 1.165) is 0 Å². The first-order chi connectivity index (χ1) is 5.88. The highest BCUT2D eigenvalue weighted by Crippen LogP contribution is 2.09. The second kappa shape index (κ2) is 4.11. The smallest absolute Gasteiger partial charge is 0.361 e. The van der Waals surface area contributed by atoms with E-state index in [1.54, 1.807) is 0 Å². The van der Waals surface area contributed by atoms with Gasteiger partial charge in [-0.2, -0.15) is 9.59 Å². The minimum atomic E-state index is 0.250. The summed E-state index contributed by atoms with van der Waals surface area (Å²) in [6, 6.07) is 10.3. The summed E-state index contributed by atoms with van der Waals surface area (Å²) in [6.07, 6.45) is 2.20. The first-order valence-electron chi connectivity index (χ1n) is 3.40. The number of aromatic nitrogens is 1. The molecule has 0 saturated heterocycles. The average molecular weight is 161 g/mol. The van der Waals surface area contributed by atoms with Crippen molar-refractivity contribution in [2.75, 3.05) is 0 Å². The van der Waals surface area contributed by atoms with Crippen molar-refractivity contribution < 1.29 is 9.59 Å². The van der Waals surface area contributed by atoms with E-state index >= 15 is 0 Å². The molecule has 0 aliphatic heterocycles. The molecule has 0 aliphatic rings. The maximum atomic E-state index is 8.12. The van der Waals surface area contributed by atoms with Gasteiger partial charge in [-0.15, -0.1) is 0 Å². The number of para-hydroxylation sites is 1. The van der Waals surface area contributed by atoms with Crippen LogP contribution in [0, 0.1) is 0 Å². The van der Waals surface area contributed by atoms with Gasteiger partial charge in [0.1, 0.15) is 0 Å². The molecule has 0 fully saturated rings. The van der Waals surface area contributed by atoms with E-state index in [1.165, 1.54) is 10.9 Å². The van der Waals surface area contributed by atoms with Crippen LogP contribution in [-0.2, 0) is 9.59 Å². The van der Waals surface area contributed by atoms with Crippen LogP contribution in [0.25, 0.3) is 10.9 Å². The number of fused-ring (bicyclic) bond motifs is 1. The normalized spacial score (nSPS) is 8.33. The molecule has 0 spiro atoms. The lowest BCUT2D eigenvalue weighted by Gasteiger charge is -1.83. The van der Waals surface area contributed by atoms with Crippen molar-refractivity contribution in [1.29, 1.82) is 0 Å². The molecule has 3 nitrogen and oxygen atoms in total. The largest absolute Gasteiger partial charge is 0.373 e. The van der Waals surface area contributed by atoms with E-state index in [1.807, 2.05) is 18.3 Å². The average Bonchev–Trinajstić information content (AvgIpc) is 2.52. The first-order valence-corrected chi connectivity index (χ1v) is 3.40. The fourth-order valence-corrected chi connectivity index (χ4v) is 0.995. The minimum absolute atomic E-state index is 0.250. The molecule has 12 heavy (non-hydrogen) atoms. The Hall–Kier alpha value is -1.86. The van der Waals surface area contributed by atoms with Crippen molar-refractivity contribution in [3.63, 3.8) is 0 Å². The molecule has 1 N–H and O–H groups in total. The molecule has 0 saturated carbocycles. The third kappa shape index (κ3) is 1.81. The number of H-pyrrole nitrogens is 1. The maximum Gasteiger partial charge on any atom is 0.373 e. The third-order valence-electron chi connectivity index (χ3n) is 1.46. The van der Waals surface area contributed by atoms with Crippen LogP contribution in [0.4, 0.5) is 0 Å². The molecule has 1 aromatic heterocycles. The van der Waals surface area contributed by atoms with Gasteiger partial charge in [0, 0.05) is 11.7 Å². The molecule has 3 heteroatoms. The summed E-state index contributed by atoms with van der Waals surface area (Å²) in [4.78, 5) is 19.4. The fraction of sp³-hybridized carbons (Fsp3) is 0. The highest BCUT2D eigenvalue weighted by molar-refractivity contribution is 5.78. The van der Waals surface area contributed by atoms with Gasteiger partial charge in [-0.25, -0.2) is 0 Å². The second-order valence-electron chi connectivity index (χ2n) is 2.15. The Morgan fingerprint density at radius 3 is 2.42 bits per heavy atom. The van der Waals surface area contributed by atoms with Gasteiger partial charge in [0.05, 0.1) is 0 Å². The Bertz CT molecular complexity index is 356. The van der Waals surface area contributed by atoms with E-state index in [9.17, 15) is 0 Å². The summed E-state index contributed by atoms with van der Waals surface area (Å²) in [5.74, 6) is 0. The predicted molar refractivity (Wildman–Crippen MR) is 43.3 cm³/mol. The van der Waals surface area contributed by atoms with Gasteiger partial charge in [0.15, 0.2) is 0 Å². The number of benzene rings is 1. The zero-order valence-corrected chi connectivity index (χ0v) is 6.28. The van der Waals surface area contributed by atoms with Crippen molar-refractivity contribution in [3.05, 3.63) is 36.5 Å². The number of nitrogens with one attached hydrogen (secondary N) is 1. The van der Waals surface area contributed by atoms with Crippen LogP contribution in [0.15, 0.2) is 36.5 Å². The molecule has 0 amide bonds. The van der Waals surface area contributed by atoms with Crippen LogP contribution in [0.5, 0.6) is 0 Å². The molecule has 0 aliphatic carbocycles. The highest BCUT2D eigenvalue weighted by atomic mass is 16.2. The lowest BCUT2D eigenvalue weighted by molar-refractivity contribution is -0.191. The maximum absolute atomic E-state index is 8.12. The monoisotopic (exact) mass is 161 g/mol. The first kappa shape index (κ1) is 8.24. The lowest BCUT2D eigenvalue weighted by atomic mass is 10.3. The van der Waals surface area contributed by atoms with Crippen molar-refractivity contribution >= 4 is 17.1 Å². The quantitative estimate of drug-likeness (QED) is 0.637. The van der Waals surface area contributed by atoms with E-state index in [4.69, 9.17) is 9.59 Å². The number of hydrogen-bond acceptors (Lipinski definition) is 2. The molecule has 1 heterocycles. The fourth-order valence-electron chi connectivity index (χ4n) is 0.995. The van der Waals surface area contributed by atoms with E-state index in [-0.39, 0.29) is 6.15 Å². The number of aromatic amines is 1. The van der Waals surface area contributed by atoms with Crippen LogP contribution in [0.3, 0.4) is 0 Å².